The number of anilines is 1. The Hall–Kier alpha value is -4.66. The van der Waals surface area contributed by atoms with E-state index in [9.17, 15) is 14.7 Å². The molecule has 1 atom stereocenters. The van der Waals surface area contributed by atoms with Gasteiger partial charge in [0.25, 0.3) is 5.78 Å². The summed E-state index contributed by atoms with van der Waals surface area (Å²) in [7, 11) is 0. The molecule has 0 spiro atoms. The lowest BCUT2D eigenvalue weighted by molar-refractivity contribution is -0.132. The number of nitrogens with zero attached hydrogens (tertiary/aromatic N) is 2. The highest BCUT2D eigenvalue weighted by Gasteiger charge is 2.48. The molecule has 1 aliphatic heterocycles. The molecule has 1 fully saturated rings. The first kappa shape index (κ1) is 28.5. The van der Waals surface area contributed by atoms with Crippen LogP contribution in [0, 0.1) is 0 Å². The lowest BCUT2D eigenvalue weighted by atomic mass is 9.95. The number of ether oxygens (including phenoxy) is 2. The van der Waals surface area contributed by atoms with Crippen molar-refractivity contribution in [3.63, 3.8) is 0 Å². The fourth-order valence-corrected chi connectivity index (χ4v) is 6.20. The van der Waals surface area contributed by atoms with Crippen LogP contribution < -0.4 is 14.4 Å². The molecule has 9 heteroatoms. The molecule has 1 saturated heterocycles. The second-order valence-corrected chi connectivity index (χ2v) is 11.4. The van der Waals surface area contributed by atoms with Crippen LogP contribution in [0.3, 0.4) is 0 Å². The highest BCUT2D eigenvalue weighted by molar-refractivity contribution is 7.22. The van der Waals surface area contributed by atoms with Crippen molar-refractivity contribution in [1.82, 2.24) is 4.98 Å². The number of aliphatic hydroxyl groups excluding tert-OH is 1. The summed E-state index contributed by atoms with van der Waals surface area (Å²) in [6, 6.07) is 28.2. The molecule has 0 bridgehead atoms. The van der Waals surface area contributed by atoms with E-state index in [4.69, 9.17) is 21.1 Å². The van der Waals surface area contributed by atoms with Crippen LogP contribution in [0.15, 0.2) is 103 Å². The Morgan fingerprint density at radius 2 is 1.72 bits per heavy atom. The van der Waals surface area contributed by atoms with Crippen LogP contribution >= 0.6 is 22.9 Å². The van der Waals surface area contributed by atoms with Crippen molar-refractivity contribution in [1.29, 1.82) is 0 Å². The standard InChI is InChI=1S/C34H27ClN2O5S/c1-2-17-41-26-10-6-9-23(18-26)31(38)29-30(22-11-14-25(15-12-22)42-20-21-7-4-3-5-8-21)37(33(40)32(29)39)34-36-27-16-13-24(35)19-28(27)43-34/h3-16,18-19,30,38H,2,17,20H2,1H3/b31-29+. The van der Waals surface area contributed by atoms with Crippen LogP contribution in [-0.4, -0.2) is 28.4 Å². The van der Waals surface area contributed by atoms with Gasteiger partial charge < -0.3 is 14.6 Å². The minimum absolute atomic E-state index is 0.0344. The Morgan fingerprint density at radius 3 is 2.49 bits per heavy atom. The number of aliphatic hydroxyl groups is 1. The van der Waals surface area contributed by atoms with E-state index in [-0.39, 0.29) is 11.3 Å². The molecule has 216 valence electrons. The predicted octanol–water partition coefficient (Wildman–Crippen LogP) is 7.94. The van der Waals surface area contributed by atoms with Gasteiger partial charge in [-0.1, -0.05) is 84.5 Å². The molecule has 2 heterocycles. The number of rotatable bonds is 9. The number of hydrogen-bond donors (Lipinski definition) is 1. The third-order valence-electron chi connectivity index (χ3n) is 7.01. The molecule has 7 nitrogen and oxygen atoms in total. The third kappa shape index (κ3) is 5.84. The average molecular weight is 611 g/mol. The highest BCUT2D eigenvalue weighted by Crippen LogP contribution is 2.45. The SMILES string of the molecule is CCCOc1cccc(/C(O)=C2\C(=O)C(=O)N(c3nc4ccc(Cl)cc4s3)C2c2ccc(OCc3ccccc3)cc2)c1. The number of aromatic nitrogens is 1. The molecular formula is C34H27ClN2O5S. The van der Waals surface area contributed by atoms with E-state index in [0.717, 1.165) is 16.7 Å². The number of ketones is 1. The van der Waals surface area contributed by atoms with E-state index in [1.807, 2.05) is 37.3 Å². The van der Waals surface area contributed by atoms with Gasteiger partial charge >= 0.3 is 5.91 Å². The van der Waals surface area contributed by atoms with Gasteiger partial charge in [0.05, 0.1) is 28.4 Å². The molecule has 1 aliphatic rings. The van der Waals surface area contributed by atoms with Crippen molar-refractivity contribution >= 4 is 55.7 Å². The topological polar surface area (TPSA) is 89.0 Å². The van der Waals surface area contributed by atoms with Crippen LogP contribution in [0.4, 0.5) is 5.13 Å². The van der Waals surface area contributed by atoms with Gasteiger partial charge in [-0.15, -0.1) is 0 Å². The van der Waals surface area contributed by atoms with Crippen molar-refractivity contribution < 1.29 is 24.2 Å². The lowest BCUT2D eigenvalue weighted by Crippen LogP contribution is -2.29. The van der Waals surface area contributed by atoms with Gasteiger partial charge in [-0.05, 0) is 60.0 Å². The molecule has 6 rings (SSSR count). The zero-order valence-electron chi connectivity index (χ0n) is 23.2. The molecule has 0 radical (unpaired) electrons. The maximum atomic E-state index is 13.6. The molecule has 0 saturated carbocycles. The second-order valence-electron chi connectivity index (χ2n) is 10.00. The zero-order valence-corrected chi connectivity index (χ0v) is 24.8. The Bertz CT molecular complexity index is 1840. The summed E-state index contributed by atoms with van der Waals surface area (Å²) >= 11 is 7.45. The Labute approximate surface area is 257 Å². The number of carbonyl (C=O) groups is 2. The van der Waals surface area contributed by atoms with Gasteiger partial charge in [0.2, 0.25) is 0 Å². The molecule has 1 N–H and O–H groups in total. The van der Waals surface area contributed by atoms with Crippen molar-refractivity contribution in [3.8, 4) is 11.5 Å². The van der Waals surface area contributed by atoms with Gasteiger partial charge in [-0.2, -0.15) is 0 Å². The molecule has 43 heavy (non-hydrogen) atoms. The molecule has 4 aromatic carbocycles. The predicted molar refractivity (Wildman–Crippen MR) is 169 cm³/mol. The molecule has 1 amide bonds. The van der Waals surface area contributed by atoms with E-state index in [0.29, 0.717) is 51.5 Å². The van der Waals surface area contributed by atoms with E-state index in [1.165, 1.54) is 16.2 Å². The Balaban J connectivity index is 1.42. The molecule has 1 aromatic heterocycles. The van der Waals surface area contributed by atoms with E-state index < -0.39 is 17.7 Å². The first-order valence-electron chi connectivity index (χ1n) is 13.8. The summed E-state index contributed by atoms with van der Waals surface area (Å²) in [5, 5.41) is 12.4. The quantitative estimate of drug-likeness (QED) is 0.103. The van der Waals surface area contributed by atoms with E-state index in [1.54, 1.807) is 66.7 Å². The lowest BCUT2D eigenvalue weighted by Gasteiger charge is -2.23. The maximum Gasteiger partial charge on any atom is 0.301 e. The van der Waals surface area contributed by atoms with Crippen molar-refractivity contribution in [3.05, 3.63) is 124 Å². The van der Waals surface area contributed by atoms with Gasteiger partial charge in [0, 0.05) is 10.6 Å². The number of thiazole rings is 1. The van der Waals surface area contributed by atoms with Crippen molar-refractivity contribution in [2.45, 2.75) is 26.0 Å². The number of hydrogen-bond acceptors (Lipinski definition) is 7. The molecule has 5 aromatic rings. The first-order valence-corrected chi connectivity index (χ1v) is 15.0. The third-order valence-corrected chi connectivity index (χ3v) is 8.27. The van der Waals surface area contributed by atoms with Crippen LogP contribution in [0.5, 0.6) is 11.5 Å². The summed E-state index contributed by atoms with van der Waals surface area (Å²) in [6.07, 6.45) is 0.819. The highest BCUT2D eigenvalue weighted by atomic mass is 35.5. The number of fused-ring (bicyclic) bond motifs is 1. The first-order chi connectivity index (χ1) is 20.9. The van der Waals surface area contributed by atoms with Crippen LogP contribution in [0.1, 0.15) is 36.1 Å². The van der Waals surface area contributed by atoms with E-state index in [2.05, 4.69) is 4.98 Å². The Kier molecular flexibility index (Phi) is 8.13. The number of benzene rings is 4. The molecular weight excluding hydrogens is 584 g/mol. The number of halogens is 1. The normalized spacial score (nSPS) is 16.1. The van der Waals surface area contributed by atoms with Crippen LogP contribution in [-0.2, 0) is 16.2 Å². The van der Waals surface area contributed by atoms with Gasteiger partial charge in [0.1, 0.15) is 23.9 Å². The van der Waals surface area contributed by atoms with E-state index >= 15 is 0 Å². The number of carbonyl (C=O) groups excluding carboxylic acids is 2. The molecule has 0 aliphatic carbocycles. The second kappa shape index (κ2) is 12.3. The van der Waals surface area contributed by atoms with Crippen LogP contribution in [0.25, 0.3) is 16.0 Å². The summed E-state index contributed by atoms with van der Waals surface area (Å²) in [5.74, 6) is -0.690. The van der Waals surface area contributed by atoms with Crippen molar-refractivity contribution in [2.75, 3.05) is 11.5 Å². The summed E-state index contributed by atoms with van der Waals surface area (Å²) in [4.78, 5) is 33.3. The largest absolute Gasteiger partial charge is 0.507 e. The summed E-state index contributed by atoms with van der Waals surface area (Å²) in [6.45, 7) is 2.90. The van der Waals surface area contributed by atoms with Gasteiger partial charge in [-0.3, -0.25) is 14.5 Å². The van der Waals surface area contributed by atoms with Gasteiger partial charge in [-0.25, -0.2) is 4.98 Å². The Morgan fingerprint density at radius 1 is 0.930 bits per heavy atom. The van der Waals surface area contributed by atoms with Gasteiger partial charge in [0.15, 0.2) is 5.13 Å². The average Bonchev–Trinajstić information content (AvgIpc) is 3.56. The zero-order chi connectivity index (χ0) is 29.9. The van der Waals surface area contributed by atoms with Crippen molar-refractivity contribution in [2.24, 2.45) is 0 Å². The fraction of sp³-hybridized carbons (Fsp3) is 0.147. The molecule has 1 unspecified atom stereocenters. The number of amides is 1. The summed E-state index contributed by atoms with van der Waals surface area (Å²) < 4.78 is 12.5. The smallest absolute Gasteiger partial charge is 0.301 e. The fourth-order valence-electron chi connectivity index (χ4n) is 4.93. The maximum absolute atomic E-state index is 13.6. The summed E-state index contributed by atoms with van der Waals surface area (Å²) in [5.41, 5.74) is 2.63. The minimum Gasteiger partial charge on any atom is -0.507 e. The van der Waals surface area contributed by atoms with Crippen LogP contribution in [0.2, 0.25) is 5.02 Å². The number of Topliss-reactive ketones (excluding diaryl/α,β-unsaturated/α-hetero) is 1. The monoisotopic (exact) mass is 610 g/mol. The minimum atomic E-state index is -0.931.